The third-order valence-corrected chi connectivity index (χ3v) is 5.63. The standard InChI is InChI=1S/C24H25N3O4/c1-4-26(18-7-5-6-16(3)12-18)20(28)13-27-19-14-31-23(29)21(19)22(25-24(27)30)17-10-8-15(2)9-11-17/h5-12,22H,4,13-14H2,1-3H3,(H,25,30). The van der Waals surface area contributed by atoms with Crippen molar-refractivity contribution < 1.29 is 19.1 Å². The highest BCUT2D eigenvalue weighted by Crippen LogP contribution is 2.35. The molecule has 3 amide bonds. The van der Waals surface area contributed by atoms with Crippen molar-refractivity contribution in [1.82, 2.24) is 10.2 Å². The Morgan fingerprint density at radius 3 is 2.55 bits per heavy atom. The molecule has 0 radical (unpaired) electrons. The fraction of sp³-hybridized carbons (Fsp3) is 0.292. The third-order valence-electron chi connectivity index (χ3n) is 5.63. The summed E-state index contributed by atoms with van der Waals surface area (Å²) in [5.74, 6) is -0.702. The Hall–Kier alpha value is -3.61. The van der Waals surface area contributed by atoms with Gasteiger partial charge in [-0.3, -0.25) is 9.69 Å². The van der Waals surface area contributed by atoms with Crippen LogP contribution >= 0.6 is 0 Å². The van der Waals surface area contributed by atoms with E-state index in [1.165, 1.54) is 4.90 Å². The molecule has 2 aromatic rings. The Balaban J connectivity index is 1.63. The van der Waals surface area contributed by atoms with Crippen LogP contribution in [0.25, 0.3) is 0 Å². The summed E-state index contributed by atoms with van der Waals surface area (Å²) in [6.07, 6.45) is 0. The first-order chi connectivity index (χ1) is 14.9. The quantitative estimate of drug-likeness (QED) is 0.755. The van der Waals surface area contributed by atoms with Gasteiger partial charge in [0.15, 0.2) is 0 Å². The summed E-state index contributed by atoms with van der Waals surface area (Å²) in [4.78, 5) is 41.5. The molecule has 1 atom stereocenters. The maximum absolute atomic E-state index is 13.1. The number of cyclic esters (lactones) is 1. The molecule has 0 saturated carbocycles. The summed E-state index contributed by atoms with van der Waals surface area (Å²) in [5.41, 5.74) is 4.53. The van der Waals surface area contributed by atoms with Crippen LogP contribution in [0.1, 0.15) is 29.7 Å². The zero-order chi connectivity index (χ0) is 22.1. The molecule has 2 aliphatic heterocycles. The van der Waals surface area contributed by atoms with E-state index in [-0.39, 0.29) is 19.1 Å². The number of esters is 1. The lowest BCUT2D eigenvalue weighted by Gasteiger charge is -2.33. The van der Waals surface area contributed by atoms with E-state index in [0.717, 1.165) is 22.4 Å². The van der Waals surface area contributed by atoms with Crippen molar-refractivity contribution in [3.8, 4) is 0 Å². The van der Waals surface area contributed by atoms with Crippen molar-refractivity contribution in [2.75, 3.05) is 24.6 Å². The number of ether oxygens (including phenoxy) is 1. The van der Waals surface area contributed by atoms with E-state index in [0.29, 0.717) is 17.8 Å². The van der Waals surface area contributed by atoms with E-state index in [1.807, 2.05) is 69.3 Å². The van der Waals surface area contributed by atoms with E-state index in [9.17, 15) is 14.4 Å². The highest BCUT2D eigenvalue weighted by molar-refractivity contribution is 6.00. The van der Waals surface area contributed by atoms with Crippen molar-refractivity contribution >= 4 is 23.6 Å². The van der Waals surface area contributed by atoms with Gasteiger partial charge in [-0.2, -0.15) is 0 Å². The first kappa shape index (κ1) is 20.7. The minimum atomic E-state index is -0.594. The number of carbonyl (C=O) groups excluding carboxylic acids is 3. The van der Waals surface area contributed by atoms with E-state index >= 15 is 0 Å². The van der Waals surface area contributed by atoms with E-state index in [4.69, 9.17) is 4.74 Å². The summed E-state index contributed by atoms with van der Waals surface area (Å²) in [7, 11) is 0. The number of rotatable bonds is 5. The van der Waals surface area contributed by atoms with Crippen molar-refractivity contribution in [3.63, 3.8) is 0 Å². The van der Waals surface area contributed by atoms with Crippen LogP contribution in [0.4, 0.5) is 10.5 Å². The molecule has 2 aromatic carbocycles. The summed E-state index contributed by atoms with van der Waals surface area (Å²) in [6.45, 7) is 6.09. The molecule has 0 aromatic heterocycles. The average molecular weight is 419 g/mol. The normalized spacial score (nSPS) is 17.9. The number of nitrogens with zero attached hydrogens (tertiary/aromatic N) is 2. The molecule has 2 heterocycles. The van der Waals surface area contributed by atoms with Gasteiger partial charge in [-0.05, 0) is 44.0 Å². The van der Waals surface area contributed by atoms with Crippen LogP contribution in [0.2, 0.25) is 0 Å². The zero-order valence-electron chi connectivity index (χ0n) is 17.8. The molecular formula is C24H25N3O4. The van der Waals surface area contributed by atoms with Gasteiger partial charge < -0.3 is 15.0 Å². The average Bonchev–Trinajstić information content (AvgIpc) is 3.13. The first-order valence-corrected chi connectivity index (χ1v) is 10.3. The summed E-state index contributed by atoms with van der Waals surface area (Å²) in [5, 5.41) is 2.87. The van der Waals surface area contributed by atoms with Gasteiger partial charge in [-0.15, -0.1) is 0 Å². The molecule has 1 N–H and O–H groups in total. The maximum atomic E-state index is 13.1. The van der Waals surface area contributed by atoms with Gasteiger partial charge >= 0.3 is 12.0 Å². The largest absolute Gasteiger partial charge is 0.456 e. The number of urea groups is 1. The minimum absolute atomic E-state index is 0.0200. The number of amides is 3. The zero-order valence-corrected chi connectivity index (χ0v) is 17.8. The Morgan fingerprint density at radius 2 is 1.87 bits per heavy atom. The molecule has 7 nitrogen and oxygen atoms in total. The van der Waals surface area contributed by atoms with Crippen molar-refractivity contribution in [2.24, 2.45) is 0 Å². The lowest BCUT2D eigenvalue weighted by Crippen LogP contribution is -2.51. The van der Waals surface area contributed by atoms with Gasteiger partial charge in [-0.1, -0.05) is 42.0 Å². The molecule has 2 aliphatic rings. The number of hydrogen-bond donors (Lipinski definition) is 1. The second-order valence-corrected chi connectivity index (χ2v) is 7.79. The molecule has 7 heteroatoms. The minimum Gasteiger partial charge on any atom is -0.456 e. The van der Waals surface area contributed by atoms with Crippen LogP contribution in [0.5, 0.6) is 0 Å². The third kappa shape index (κ3) is 3.91. The van der Waals surface area contributed by atoms with Crippen molar-refractivity contribution in [3.05, 3.63) is 76.5 Å². The predicted octanol–water partition coefficient (Wildman–Crippen LogP) is 3.23. The lowest BCUT2D eigenvalue weighted by molar-refractivity contribution is -0.136. The lowest BCUT2D eigenvalue weighted by atomic mass is 9.95. The van der Waals surface area contributed by atoms with Gasteiger partial charge in [0.25, 0.3) is 0 Å². The molecule has 0 aliphatic carbocycles. The summed E-state index contributed by atoms with van der Waals surface area (Å²) >= 11 is 0. The number of likely N-dealkylation sites (N-methyl/N-ethyl adjacent to an activating group) is 1. The van der Waals surface area contributed by atoms with Crippen LogP contribution in [0.15, 0.2) is 59.8 Å². The summed E-state index contributed by atoms with van der Waals surface area (Å²) in [6, 6.07) is 14.3. The number of anilines is 1. The molecular weight excluding hydrogens is 394 g/mol. The van der Waals surface area contributed by atoms with Crippen LogP contribution in [0.3, 0.4) is 0 Å². The first-order valence-electron chi connectivity index (χ1n) is 10.3. The second kappa shape index (κ2) is 8.26. The Kier molecular flexibility index (Phi) is 5.50. The maximum Gasteiger partial charge on any atom is 0.338 e. The molecule has 0 spiro atoms. The topological polar surface area (TPSA) is 79.0 Å². The molecule has 160 valence electrons. The van der Waals surface area contributed by atoms with Gasteiger partial charge in [0, 0.05) is 12.2 Å². The number of nitrogens with one attached hydrogen (secondary N) is 1. The van der Waals surface area contributed by atoms with Crippen LogP contribution in [-0.2, 0) is 14.3 Å². The fourth-order valence-electron chi connectivity index (χ4n) is 4.01. The highest BCUT2D eigenvalue weighted by atomic mass is 16.5. The number of carbonyl (C=O) groups is 3. The predicted molar refractivity (Wildman–Crippen MR) is 116 cm³/mol. The Morgan fingerprint density at radius 1 is 1.13 bits per heavy atom. The molecule has 4 rings (SSSR count). The number of benzene rings is 2. The van der Waals surface area contributed by atoms with Gasteiger partial charge in [0.05, 0.1) is 17.3 Å². The number of hydrogen-bond acceptors (Lipinski definition) is 4. The smallest absolute Gasteiger partial charge is 0.338 e. The van der Waals surface area contributed by atoms with Gasteiger partial charge in [0.2, 0.25) is 5.91 Å². The van der Waals surface area contributed by atoms with Gasteiger partial charge in [0.1, 0.15) is 13.2 Å². The Labute approximate surface area is 181 Å². The Bertz CT molecular complexity index is 1070. The molecule has 1 unspecified atom stereocenters. The fourth-order valence-corrected chi connectivity index (χ4v) is 4.01. The SMILES string of the molecule is CCN(C(=O)CN1C(=O)NC(c2ccc(C)cc2)C2=C1COC2=O)c1cccc(C)c1. The molecule has 0 saturated heterocycles. The molecule has 31 heavy (non-hydrogen) atoms. The molecule has 0 fully saturated rings. The second-order valence-electron chi connectivity index (χ2n) is 7.79. The number of aryl methyl sites for hydroxylation is 2. The van der Waals surface area contributed by atoms with Crippen molar-refractivity contribution in [1.29, 1.82) is 0 Å². The highest BCUT2D eigenvalue weighted by Gasteiger charge is 2.43. The van der Waals surface area contributed by atoms with Crippen molar-refractivity contribution in [2.45, 2.75) is 26.8 Å². The molecule has 0 bridgehead atoms. The van der Waals surface area contributed by atoms with Crippen LogP contribution in [-0.4, -0.2) is 42.5 Å². The van der Waals surface area contributed by atoms with Gasteiger partial charge in [-0.25, -0.2) is 9.59 Å². The van der Waals surface area contributed by atoms with E-state index < -0.39 is 18.0 Å². The summed E-state index contributed by atoms with van der Waals surface area (Å²) < 4.78 is 5.25. The van der Waals surface area contributed by atoms with Crippen LogP contribution in [0, 0.1) is 13.8 Å². The monoisotopic (exact) mass is 419 g/mol. The van der Waals surface area contributed by atoms with Crippen LogP contribution < -0.4 is 10.2 Å². The van der Waals surface area contributed by atoms with E-state index in [2.05, 4.69) is 5.32 Å². The van der Waals surface area contributed by atoms with E-state index in [1.54, 1.807) is 4.90 Å².